The number of aromatic nitrogens is 1. The first-order valence-electron chi connectivity index (χ1n) is 6.28. The van der Waals surface area contributed by atoms with Crippen molar-refractivity contribution in [2.75, 3.05) is 0 Å². The lowest BCUT2D eigenvalue weighted by Crippen LogP contribution is -1.84. The molecule has 0 spiro atoms. The highest BCUT2D eigenvalue weighted by Crippen LogP contribution is 2.42. The van der Waals surface area contributed by atoms with Crippen LogP contribution in [0.5, 0.6) is 5.75 Å². The summed E-state index contributed by atoms with van der Waals surface area (Å²) < 4.78 is 13.2. The summed E-state index contributed by atoms with van der Waals surface area (Å²) in [5.74, 6) is 0.0347. The van der Waals surface area contributed by atoms with E-state index in [9.17, 15) is 9.50 Å². The normalized spacial score (nSPS) is 12.2. The van der Waals surface area contributed by atoms with E-state index in [2.05, 4.69) is 4.98 Å². The van der Waals surface area contributed by atoms with Crippen LogP contribution in [-0.4, -0.2) is 10.1 Å². The van der Waals surface area contributed by atoms with E-state index in [1.165, 1.54) is 6.07 Å². The molecule has 20 heavy (non-hydrogen) atoms. The first-order chi connectivity index (χ1) is 9.70. The number of phenolic OH excluding ortho intramolecular Hbond substituents is 1. The van der Waals surface area contributed by atoms with Crippen LogP contribution in [0, 0.1) is 5.82 Å². The standard InChI is InChI=1S/C16H10FNOS/c17-11-4-5-13-10(6-11)8-14-15(13)18-16(20-14)9-2-1-3-12(19)7-9/h1-7,19H,8H2. The second-order valence-electron chi connectivity index (χ2n) is 4.82. The predicted molar refractivity (Wildman–Crippen MR) is 77.4 cm³/mol. The second kappa shape index (κ2) is 4.15. The number of rotatable bonds is 1. The average molecular weight is 283 g/mol. The third kappa shape index (κ3) is 1.72. The Morgan fingerprint density at radius 2 is 2.05 bits per heavy atom. The summed E-state index contributed by atoms with van der Waals surface area (Å²) in [6.07, 6.45) is 0.735. The number of nitrogens with zero attached hydrogens (tertiary/aromatic N) is 1. The van der Waals surface area contributed by atoms with Gasteiger partial charge in [0.15, 0.2) is 0 Å². The maximum atomic E-state index is 13.2. The minimum atomic E-state index is -0.202. The fraction of sp³-hybridized carbons (Fsp3) is 0.0625. The van der Waals surface area contributed by atoms with E-state index in [0.29, 0.717) is 0 Å². The van der Waals surface area contributed by atoms with Gasteiger partial charge in [-0.25, -0.2) is 9.37 Å². The summed E-state index contributed by atoms with van der Waals surface area (Å²) in [5, 5.41) is 10.4. The molecule has 0 saturated heterocycles. The Morgan fingerprint density at radius 3 is 2.90 bits per heavy atom. The van der Waals surface area contributed by atoms with Crippen molar-refractivity contribution in [1.29, 1.82) is 0 Å². The molecular formula is C16H10FNOS. The van der Waals surface area contributed by atoms with Gasteiger partial charge >= 0.3 is 0 Å². The van der Waals surface area contributed by atoms with E-state index in [0.717, 1.165) is 38.7 Å². The van der Waals surface area contributed by atoms with Crippen LogP contribution in [0.2, 0.25) is 0 Å². The zero-order valence-electron chi connectivity index (χ0n) is 10.4. The van der Waals surface area contributed by atoms with Crippen molar-refractivity contribution in [1.82, 2.24) is 4.98 Å². The van der Waals surface area contributed by atoms with Crippen molar-refractivity contribution >= 4 is 11.3 Å². The third-order valence-electron chi connectivity index (χ3n) is 3.46. The number of thiazole rings is 1. The summed E-state index contributed by atoms with van der Waals surface area (Å²) >= 11 is 1.60. The number of phenols is 1. The molecule has 0 fully saturated rings. The minimum absolute atomic E-state index is 0.202. The number of hydrogen-bond acceptors (Lipinski definition) is 3. The van der Waals surface area contributed by atoms with Crippen molar-refractivity contribution < 1.29 is 9.50 Å². The maximum absolute atomic E-state index is 13.2. The topological polar surface area (TPSA) is 33.1 Å². The second-order valence-corrected chi connectivity index (χ2v) is 5.90. The molecule has 3 aromatic rings. The fourth-order valence-corrected chi connectivity index (χ4v) is 3.65. The van der Waals surface area contributed by atoms with Crippen molar-refractivity contribution in [3.05, 3.63) is 58.7 Å². The Balaban J connectivity index is 1.83. The van der Waals surface area contributed by atoms with Crippen LogP contribution in [-0.2, 0) is 6.42 Å². The van der Waals surface area contributed by atoms with Gasteiger partial charge in [0.1, 0.15) is 16.6 Å². The van der Waals surface area contributed by atoms with Crippen molar-refractivity contribution in [2.24, 2.45) is 0 Å². The van der Waals surface area contributed by atoms with Gasteiger partial charge in [-0.3, -0.25) is 0 Å². The molecule has 0 saturated carbocycles. The molecule has 98 valence electrons. The Bertz CT molecular complexity index is 825. The van der Waals surface area contributed by atoms with Gasteiger partial charge in [-0.2, -0.15) is 0 Å². The summed E-state index contributed by atoms with van der Waals surface area (Å²) in [7, 11) is 0. The summed E-state index contributed by atoms with van der Waals surface area (Å²) in [6, 6.07) is 11.9. The molecule has 0 unspecified atom stereocenters. The van der Waals surface area contributed by atoms with Gasteiger partial charge in [0.05, 0.1) is 5.69 Å². The molecule has 4 rings (SSSR count). The number of halogens is 1. The molecule has 2 nitrogen and oxygen atoms in total. The first kappa shape index (κ1) is 11.6. The lowest BCUT2D eigenvalue weighted by molar-refractivity contribution is 0.475. The third-order valence-corrected chi connectivity index (χ3v) is 4.57. The maximum Gasteiger partial charge on any atom is 0.124 e. The van der Waals surface area contributed by atoms with Crippen molar-refractivity contribution in [2.45, 2.75) is 6.42 Å². The zero-order valence-corrected chi connectivity index (χ0v) is 11.2. The monoisotopic (exact) mass is 283 g/mol. The summed E-state index contributed by atoms with van der Waals surface area (Å²) in [6.45, 7) is 0. The van der Waals surface area contributed by atoms with Crippen LogP contribution < -0.4 is 0 Å². The number of aromatic hydroxyl groups is 1. The van der Waals surface area contributed by atoms with E-state index in [4.69, 9.17) is 0 Å². The van der Waals surface area contributed by atoms with Crippen LogP contribution in [0.25, 0.3) is 21.8 Å². The number of fused-ring (bicyclic) bond motifs is 3. The summed E-state index contributed by atoms with van der Waals surface area (Å²) in [5.41, 5.74) is 3.88. The smallest absolute Gasteiger partial charge is 0.124 e. The molecule has 4 heteroatoms. The molecule has 1 aliphatic carbocycles. The molecule has 0 amide bonds. The Hall–Kier alpha value is -2.20. The molecule has 0 radical (unpaired) electrons. The van der Waals surface area contributed by atoms with E-state index in [-0.39, 0.29) is 11.6 Å². The highest BCUT2D eigenvalue weighted by atomic mass is 32.1. The average Bonchev–Trinajstić information content (AvgIpc) is 2.95. The van der Waals surface area contributed by atoms with E-state index in [1.807, 2.05) is 6.07 Å². The fourth-order valence-electron chi connectivity index (χ4n) is 2.56. The molecule has 1 N–H and O–H groups in total. The van der Waals surface area contributed by atoms with Gasteiger partial charge in [0, 0.05) is 22.4 Å². The van der Waals surface area contributed by atoms with Gasteiger partial charge < -0.3 is 5.11 Å². The molecule has 1 aliphatic rings. The molecule has 0 atom stereocenters. The van der Waals surface area contributed by atoms with Gasteiger partial charge in [-0.1, -0.05) is 12.1 Å². The zero-order chi connectivity index (χ0) is 13.7. The van der Waals surface area contributed by atoms with Crippen LogP contribution >= 0.6 is 11.3 Å². The largest absolute Gasteiger partial charge is 0.508 e. The number of benzene rings is 2. The van der Waals surface area contributed by atoms with Crippen molar-refractivity contribution in [3.63, 3.8) is 0 Å². The van der Waals surface area contributed by atoms with Crippen LogP contribution in [0.15, 0.2) is 42.5 Å². The molecular weight excluding hydrogens is 273 g/mol. The first-order valence-corrected chi connectivity index (χ1v) is 7.10. The lowest BCUT2D eigenvalue weighted by Gasteiger charge is -2.00. The molecule has 2 aromatic carbocycles. The predicted octanol–water partition coefficient (Wildman–Crippen LogP) is 4.23. The van der Waals surface area contributed by atoms with Crippen molar-refractivity contribution in [3.8, 4) is 27.6 Å². The highest BCUT2D eigenvalue weighted by Gasteiger charge is 2.24. The Kier molecular flexibility index (Phi) is 2.41. The van der Waals surface area contributed by atoms with Crippen LogP contribution in [0.3, 0.4) is 0 Å². The highest BCUT2D eigenvalue weighted by molar-refractivity contribution is 7.15. The molecule has 1 aromatic heterocycles. The van der Waals surface area contributed by atoms with Crippen LogP contribution in [0.4, 0.5) is 4.39 Å². The van der Waals surface area contributed by atoms with E-state index in [1.54, 1.807) is 41.7 Å². The van der Waals surface area contributed by atoms with Gasteiger partial charge in [-0.05, 0) is 35.9 Å². The van der Waals surface area contributed by atoms with Gasteiger partial charge in [0.25, 0.3) is 0 Å². The Morgan fingerprint density at radius 1 is 1.15 bits per heavy atom. The molecule has 0 aliphatic heterocycles. The van der Waals surface area contributed by atoms with E-state index >= 15 is 0 Å². The SMILES string of the molecule is Oc1cccc(-c2nc3c(s2)Cc2cc(F)ccc2-3)c1. The quantitative estimate of drug-likeness (QED) is 0.567. The van der Waals surface area contributed by atoms with Crippen LogP contribution in [0.1, 0.15) is 10.4 Å². The molecule has 1 heterocycles. The van der Waals surface area contributed by atoms with Gasteiger partial charge in [0.2, 0.25) is 0 Å². The summed E-state index contributed by atoms with van der Waals surface area (Å²) in [4.78, 5) is 5.81. The van der Waals surface area contributed by atoms with E-state index < -0.39 is 0 Å². The minimum Gasteiger partial charge on any atom is -0.508 e. The molecule has 0 bridgehead atoms. The Labute approximate surface area is 119 Å². The number of hydrogen-bond donors (Lipinski definition) is 1. The van der Waals surface area contributed by atoms with Gasteiger partial charge in [-0.15, -0.1) is 11.3 Å². The lowest BCUT2D eigenvalue weighted by atomic mass is 10.1.